The van der Waals surface area contributed by atoms with Crippen LogP contribution in [0.25, 0.3) is 0 Å². The van der Waals surface area contributed by atoms with Gasteiger partial charge in [-0.25, -0.2) is 4.79 Å². The lowest BCUT2D eigenvalue weighted by Crippen LogP contribution is -2.58. The highest BCUT2D eigenvalue weighted by Gasteiger charge is 2.44. The number of carbonyl (C=O) groups excluding carboxylic acids is 8. The Kier molecular flexibility index (Phi) is 32.8. The normalized spacial score (nSPS) is 17.4. The predicted molar refractivity (Wildman–Crippen MR) is 302 cm³/mol. The zero-order valence-electron chi connectivity index (χ0n) is 50.7. The molecule has 2 rings (SSSR count). The summed E-state index contributed by atoms with van der Waals surface area (Å²) in [6.07, 6.45) is 0.150. The average Bonchev–Trinajstić information content (AvgIpc) is 3.92. The predicted octanol–water partition coefficient (Wildman–Crippen LogP) is 4.73. The number of nitrogens with one attached hydrogen (secondary N) is 4. The monoisotopic (exact) mass is 1130 g/mol. The van der Waals surface area contributed by atoms with Crippen molar-refractivity contribution in [3.8, 4) is 0 Å². The van der Waals surface area contributed by atoms with Gasteiger partial charge in [0.2, 0.25) is 35.4 Å². The van der Waals surface area contributed by atoms with E-state index in [0.29, 0.717) is 32.2 Å². The van der Waals surface area contributed by atoms with E-state index in [0.717, 1.165) is 5.56 Å². The highest BCUT2D eigenvalue weighted by Crippen LogP contribution is 2.30. The topological polar surface area (TPSA) is 267 Å². The van der Waals surface area contributed by atoms with Gasteiger partial charge in [0, 0.05) is 66.6 Å². The fourth-order valence-electron chi connectivity index (χ4n) is 10.4. The van der Waals surface area contributed by atoms with Crippen LogP contribution in [-0.2, 0) is 73.2 Å². The van der Waals surface area contributed by atoms with Crippen molar-refractivity contribution < 1.29 is 71.9 Å². The molecule has 6 amide bonds. The molecule has 0 radical (unpaired) electrons. The van der Waals surface area contributed by atoms with Gasteiger partial charge in [-0.3, -0.25) is 33.6 Å². The molecule has 21 nitrogen and oxygen atoms in total. The Bertz CT molecular complexity index is 2050. The summed E-state index contributed by atoms with van der Waals surface area (Å²) in [5.41, 5.74) is 0.804. The van der Waals surface area contributed by atoms with Crippen molar-refractivity contribution >= 4 is 47.4 Å². The number of nitrogens with zero attached hydrogens (tertiary/aromatic N) is 2. The number of carbonyl (C=O) groups is 8. The molecule has 11 atom stereocenters. The number of likely N-dealkylation sites (N-methyl/N-ethyl adjacent to an activating group) is 1. The first-order valence-corrected chi connectivity index (χ1v) is 28.9. The molecule has 456 valence electrons. The van der Waals surface area contributed by atoms with E-state index in [2.05, 4.69) is 21.3 Å². The SMILES string of the molecule is CCC(CO)OC(COC(=O)CCCC(=O)N[C@@H](C)C(=O)OCCCNC(=O)[C@H](Cc1ccccc1)NC(=O)[C@H](C)[C@@H](OC)[C@@H]1CCCN1C(=O)C[C@@H](OC)[C@H]([C@@H](C)CC)N(C)C(=O)[C@@H](NC(=O)C(C(C)C)C(C)C)C(C)C)OC. The maximum atomic E-state index is 14.5. The van der Waals surface area contributed by atoms with Gasteiger partial charge in [0.15, 0.2) is 6.29 Å². The van der Waals surface area contributed by atoms with Crippen LogP contribution in [0.2, 0.25) is 0 Å². The fraction of sp³-hybridized carbons (Fsp3) is 0.763. The Balaban J connectivity index is 2.07. The summed E-state index contributed by atoms with van der Waals surface area (Å²) >= 11 is 0. The van der Waals surface area contributed by atoms with Crippen LogP contribution in [0.1, 0.15) is 140 Å². The molecule has 0 spiro atoms. The van der Waals surface area contributed by atoms with Crippen LogP contribution in [0.4, 0.5) is 0 Å². The molecule has 2 unspecified atom stereocenters. The van der Waals surface area contributed by atoms with E-state index in [1.165, 1.54) is 28.3 Å². The number of aliphatic hydroxyl groups excluding tert-OH is 1. The molecule has 1 fully saturated rings. The van der Waals surface area contributed by atoms with E-state index in [4.69, 9.17) is 28.4 Å². The average molecular weight is 1130 g/mol. The highest BCUT2D eigenvalue weighted by molar-refractivity contribution is 5.90. The molecular formula is C59H100N6O15. The summed E-state index contributed by atoms with van der Waals surface area (Å²) in [4.78, 5) is 111. The van der Waals surface area contributed by atoms with Crippen molar-refractivity contribution in [2.24, 2.45) is 35.5 Å². The van der Waals surface area contributed by atoms with E-state index in [1.54, 1.807) is 23.8 Å². The first-order chi connectivity index (χ1) is 37.9. The summed E-state index contributed by atoms with van der Waals surface area (Å²) in [6.45, 7) is 21.0. The first kappa shape index (κ1) is 70.9. The molecule has 5 N–H and O–H groups in total. The van der Waals surface area contributed by atoms with E-state index in [9.17, 15) is 43.5 Å². The fourth-order valence-corrected chi connectivity index (χ4v) is 10.4. The van der Waals surface area contributed by atoms with E-state index in [1.807, 2.05) is 92.6 Å². The van der Waals surface area contributed by atoms with Crippen LogP contribution >= 0.6 is 0 Å². The van der Waals surface area contributed by atoms with Gasteiger partial charge in [-0.1, -0.05) is 106 Å². The smallest absolute Gasteiger partial charge is 0.328 e. The minimum atomic E-state index is -0.998. The summed E-state index contributed by atoms with van der Waals surface area (Å²) in [5, 5.41) is 20.7. The minimum absolute atomic E-state index is 0.0460. The molecule has 1 aliphatic heterocycles. The molecule has 21 heteroatoms. The van der Waals surface area contributed by atoms with E-state index < -0.39 is 90.4 Å². The van der Waals surface area contributed by atoms with E-state index in [-0.39, 0.29) is 112 Å². The van der Waals surface area contributed by atoms with Crippen molar-refractivity contribution in [3.05, 3.63) is 35.9 Å². The molecule has 1 aromatic rings. The van der Waals surface area contributed by atoms with Crippen LogP contribution in [0, 0.1) is 35.5 Å². The van der Waals surface area contributed by atoms with Gasteiger partial charge in [-0.05, 0) is 68.3 Å². The van der Waals surface area contributed by atoms with Gasteiger partial charge >= 0.3 is 11.9 Å². The van der Waals surface area contributed by atoms with E-state index >= 15 is 0 Å². The Morgan fingerprint density at radius 2 is 1.43 bits per heavy atom. The van der Waals surface area contributed by atoms with Crippen molar-refractivity contribution in [1.82, 2.24) is 31.1 Å². The Hall–Kier alpha value is -5.22. The molecular weight excluding hydrogens is 1030 g/mol. The molecule has 1 heterocycles. The molecule has 1 aliphatic rings. The van der Waals surface area contributed by atoms with Crippen LogP contribution in [-0.4, -0.2) is 178 Å². The lowest BCUT2D eigenvalue weighted by atomic mass is 9.84. The number of benzene rings is 1. The lowest BCUT2D eigenvalue weighted by Gasteiger charge is -2.41. The number of hydrogen-bond acceptors (Lipinski definition) is 15. The Labute approximate surface area is 476 Å². The second-order valence-corrected chi connectivity index (χ2v) is 22.2. The van der Waals surface area contributed by atoms with Gasteiger partial charge in [-0.15, -0.1) is 0 Å². The Morgan fingerprint density at radius 3 is 1.99 bits per heavy atom. The number of methoxy groups -OCH3 is 3. The number of ether oxygens (including phenoxy) is 6. The largest absolute Gasteiger partial charge is 0.464 e. The van der Waals surface area contributed by atoms with Crippen molar-refractivity contribution in [2.45, 2.75) is 195 Å². The van der Waals surface area contributed by atoms with Crippen molar-refractivity contribution in [2.75, 3.05) is 61.3 Å². The van der Waals surface area contributed by atoms with Gasteiger partial charge in [0.1, 0.15) is 24.7 Å². The lowest BCUT2D eigenvalue weighted by molar-refractivity contribution is -0.194. The summed E-state index contributed by atoms with van der Waals surface area (Å²) in [5.74, 6) is -4.46. The van der Waals surface area contributed by atoms with Crippen molar-refractivity contribution in [3.63, 3.8) is 0 Å². The zero-order chi connectivity index (χ0) is 60.2. The molecule has 0 aromatic heterocycles. The van der Waals surface area contributed by atoms with Crippen LogP contribution in [0.5, 0.6) is 0 Å². The van der Waals surface area contributed by atoms with Crippen LogP contribution < -0.4 is 21.3 Å². The quantitative estimate of drug-likeness (QED) is 0.0341. The first-order valence-electron chi connectivity index (χ1n) is 28.9. The summed E-state index contributed by atoms with van der Waals surface area (Å²) in [7, 11) is 6.14. The number of rotatable bonds is 38. The molecule has 80 heavy (non-hydrogen) atoms. The molecule has 1 aromatic carbocycles. The second kappa shape index (κ2) is 37.0. The van der Waals surface area contributed by atoms with Crippen LogP contribution in [0.3, 0.4) is 0 Å². The van der Waals surface area contributed by atoms with Gasteiger partial charge in [-0.2, -0.15) is 0 Å². The number of likely N-dealkylation sites (tertiary alicyclic amines) is 1. The third-order valence-electron chi connectivity index (χ3n) is 15.2. The Morgan fingerprint density at radius 1 is 0.762 bits per heavy atom. The van der Waals surface area contributed by atoms with Crippen LogP contribution in [0.15, 0.2) is 30.3 Å². The molecule has 1 saturated heterocycles. The summed E-state index contributed by atoms with van der Waals surface area (Å²) < 4.78 is 33.3. The second-order valence-electron chi connectivity index (χ2n) is 22.2. The molecule has 0 aliphatic carbocycles. The minimum Gasteiger partial charge on any atom is -0.464 e. The van der Waals surface area contributed by atoms with Gasteiger partial charge in [0.25, 0.3) is 0 Å². The highest BCUT2D eigenvalue weighted by atomic mass is 16.7. The van der Waals surface area contributed by atoms with Crippen molar-refractivity contribution in [1.29, 1.82) is 0 Å². The maximum Gasteiger partial charge on any atom is 0.328 e. The third kappa shape index (κ3) is 23.0. The standard InChI is InChI=1S/C59H100N6O15/c1-16-39(9)53(64(12)58(73)52(38(7)8)63-57(72)51(36(3)4)37(5)6)46(75-13)33-48(68)65-30-22-26-45(65)54(77-15)40(10)55(70)62-44(32-42-24-19-18-20-25-42)56(71)60-29-23-31-78-59(74)41(11)61-47(67)27-21-28-49(69)79-35-50(76-14)80-43(17-2)34-66/h18-20,24-25,36-41,43-46,50-54,66H,16-17,21-23,26-35H2,1-15H3,(H,60,71)(H,61,67)(H,62,70)(H,63,72)/t39-,40+,41-,43?,44-,45-,46+,50?,52-,53-,54+/m0/s1. The number of aliphatic hydroxyl groups is 1. The number of hydrogen-bond donors (Lipinski definition) is 5. The maximum absolute atomic E-state index is 14.5. The summed E-state index contributed by atoms with van der Waals surface area (Å²) in [6, 6.07) is 5.46. The van der Waals surface area contributed by atoms with Gasteiger partial charge in [0.05, 0.1) is 55.9 Å². The number of amides is 6. The molecule has 0 saturated carbocycles. The zero-order valence-corrected chi connectivity index (χ0v) is 50.7. The molecule has 0 bridgehead atoms. The third-order valence-corrected chi connectivity index (χ3v) is 15.2. The number of esters is 2. The van der Waals surface area contributed by atoms with Gasteiger partial charge < -0.3 is 64.6 Å².